The fraction of sp³-hybridized carbons (Fsp3) is 0.480. The maximum absolute atomic E-state index is 12.8. The van der Waals surface area contributed by atoms with E-state index in [1.165, 1.54) is 12.8 Å². The molecule has 2 aliphatic heterocycles. The lowest BCUT2D eigenvalue weighted by Crippen LogP contribution is -2.46. The zero-order valence-corrected chi connectivity index (χ0v) is 19.9. The summed E-state index contributed by atoms with van der Waals surface area (Å²) in [4.78, 5) is 40.9. The predicted octanol–water partition coefficient (Wildman–Crippen LogP) is 2.70. The highest BCUT2D eigenvalue weighted by Gasteiger charge is 2.19. The molecule has 0 unspecified atom stereocenters. The predicted molar refractivity (Wildman–Crippen MR) is 134 cm³/mol. The lowest BCUT2D eigenvalue weighted by molar-refractivity contribution is 0.0735. The summed E-state index contributed by atoms with van der Waals surface area (Å²) in [7, 11) is 0. The van der Waals surface area contributed by atoms with Crippen LogP contribution in [-0.4, -0.2) is 69.0 Å². The van der Waals surface area contributed by atoms with Crippen molar-refractivity contribution >= 4 is 34.6 Å². The van der Waals surface area contributed by atoms with Gasteiger partial charge in [0.2, 0.25) is 5.95 Å². The van der Waals surface area contributed by atoms with Crippen LogP contribution in [-0.2, 0) is 6.54 Å². The van der Waals surface area contributed by atoms with Crippen molar-refractivity contribution in [2.45, 2.75) is 45.1 Å². The summed E-state index contributed by atoms with van der Waals surface area (Å²) in [5.74, 6) is 0.883. The molecule has 5 rings (SSSR count). The van der Waals surface area contributed by atoms with Crippen LogP contribution in [0.15, 0.2) is 30.6 Å². The number of pyridine rings is 1. The maximum Gasteiger partial charge on any atom is 0.267 e. The van der Waals surface area contributed by atoms with Gasteiger partial charge in [-0.15, -0.1) is 0 Å². The summed E-state index contributed by atoms with van der Waals surface area (Å²) in [5, 5.41) is 10.3. The molecule has 3 aromatic heterocycles. The molecule has 35 heavy (non-hydrogen) atoms. The van der Waals surface area contributed by atoms with Gasteiger partial charge in [0.25, 0.3) is 11.8 Å². The van der Waals surface area contributed by atoms with Crippen LogP contribution in [0.2, 0.25) is 0 Å². The molecule has 0 bridgehead atoms. The molecule has 0 atom stereocenters. The molecule has 1 saturated heterocycles. The summed E-state index contributed by atoms with van der Waals surface area (Å²) >= 11 is 0. The van der Waals surface area contributed by atoms with E-state index in [0.29, 0.717) is 42.7 Å². The third-order valence-corrected chi connectivity index (χ3v) is 6.62. The van der Waals surface area contributed by atoms with E-state index in [0.717, 1.165) is 56.4 Å². The third kappa shape index (κ3) is 5.43. The zero-order chi connectivity index (χ0) is 24.0. The van der Waals surface area contributed by atoms with Gasteiger partial charge in [0.15, 0.2) is 0 Å². The van der Waals surface area contributed by atoms with E-state index in [-0.39, 0.29) is 11.8 Å². The Hall–Kier alpha value is -3.53. The largest absolute Gasteiger partial charge is 0.351 e. The van der Waals surface area contributed by atoms with Crippen molar-refractivity contribution in [2.24, 2.45) is 0 Å². The van der Waals surface area contributed by atoms with Crippen LogP contribution in [0.1, 0.15) is 59.4 Å². The smallest absolute Gasteiger partial charge is 0.267 e. The number of carbonyl (C=O) groups is 2. The Labute approximate surface area is 204 Å². The molecule has 1 fully saturated rings. The van der Waals surface area contributed by atoms with E-state index in [1.54, 1.807) is 24.5 Å². The van der Waals surface area contributed by atoms with Crippen molar-refractivity contribution < 1.29 is 9.59 Å². The molecule has 5 heterocycles. The number of aromatic nitrogens is 4. The van der Waals surface area contributed by atoms with E-state index >= 15 is 0 Å². The molecular formula is C25H32N8O2. The average molecular weight is 477 g/mol. The van der Waals surface area contributed by atoms with Crippen LogP contribution in [0, 0.1) is 0 Å². The first kappa shape index (κ1) is 23.2. The van der Waals surface area contributed by atoms with Gasteiger partial charge in [0.1, 0.15) is 17.2 Å². The number of fused-ring (bicyclic) bond motifs is 3. The highest BCUT2D eigenvalue weighted by atomic mass is 16.2. The van der Waals surface area contributed by atoms with Crippen molar-refractivity contribution in [3.05, 3.63) is 41.9 Å². The van der Waals surface area contributed by atoms with Crippen molar-refractivity contribution in [1.82, 2.24) is 35.1 Å². The molecule has 3 aromatic rings. The van der Waals surface area contributed by atoms with E-state index in [9.17, 15) is 9.59 Å². The second-order valence-corrected chi connectivity index (χ2v) is 9.13. The summed E-state index contributed by atoms with van der Waals surface area (Å²) in [6.45, 7) is 4.45. The number of rotatable bonds is 3. The number of anilines is 2. The Balaban J connectivity index is 1.35. The number of hydrogen-bond donors (Lipinski definition) is 3. The second-order valence-electron chi connectivity index (χ2n) is 9.13. The highest BCUT2D eigenvalue weighted by molar-refractivity contribution is 5.98. The van der Waals surface area contributed by atoms with Crippen LogP contribution in [0.4, 0.5) is 11.8 Å². The highest BCUT2D eigenvalue weighted by Crippen LogP contribution is 2.22. The Morgan fingerprint density at radius 2 is 1.71 bits per heavy atom. The molecule has 0 aromatic carbocycles. The lowest BCUT2D eigenvalue weighted by Gasteiger charge is -2.27. The molecule has 184 valence electrons. The Morgan fingerprint density at radius 3 is 2.51 bits per heavy atom. The Bertz CT molecular complexity index is 1180. The van der Waals surface area contributed by atoms with Crippen LogP contribution in [0.25, 0.3) is 11.0 Å². The van der Waals surface area contributed by atoms with Gasteiger partial charge in [-0.25, -0.2) is 9.97 Å². The van der Waals surface area contributed by atoms with Crippen molar-refractivity contribution in [2.75, 3.05) is 38.0 Å². The minimum atomic E-state index is -0.0653. The van der Waals surface area contributed by atoms with Crippen molar-refractivity contribution in [3.63, 3.8) is 0 Å². The lowest BCUT2D eigenvalue weighted by atomic mass is 10.1. The van der Waals surface area contributed by atoms with E-state index in [4.69, 9.17) is 4.98 Å². The standard InChI is InChI=1S/C25H32N8O2/c34-23-20-15-19-17-29-25(31-22(19)33(20)12-6-4-2-1-3-5-9-27-23)30-21-8-7-18(16-28-21)24(35)32-13-10-26-11-14-32/h7-8,15-17,26H,1-6,9-14H2,(H,27,34)(H,28,29,30,31). The van der Waals surface area contributed by atoms with Gasteiger partial charge >= 0.3 is 0 Å². The number of amides is 2. The van der Waals surface area contributed by atoms with Crippen molar-refractivity contribution in [1.29, 1.82) is 0 Å². The molecule has 10 heteroatoms. The first-order valence-electron chi connectivity index (χ1n) is 12.6. The SMILES string of the molecule is O=C1NCCCCCCCCn2c1cc1cnc(Nc3ccc(C(=O)N4CCNCC4)cn3)nc12. The first-order chi connectivity index (χ1) is 17.2. The number of nitrogens with one attached hydrogen (secondary N) is 3. The third-order valence-electron chi connectivity index (χ3n) is 6.62. The van der Waals surface area contributed by atoms with Gasteiger partial charge in [0, 0.05) is 57.0 Å². The normalized spacial score (nSPS) is 17.7. The number of nitrogens with zero attached hydrogens (tertiary/aromatic N) is 5. The van der Waals surface area contributed by atoms with Gasteiger partial charge < -0.3 is 25.4 Å². The Morgan fingerprint density at radius 1 is 0.914 bits per heavy atom. The van der Waals surface area contributed by atoms with E-state index < -0.39 is 0 Å². The maximum atomic E-state index is 12.8. The molecule has 3 N–H and O–H groups in total. The van der Waals surface area contributed by atoms with E-state index in [1.807, 2.05) is 15.5 Å². The Kier molecular flexibility index (Phi) is 7.17. The molecular weight excluding hydrogens is 444 g/mol. The van der Waals surface area contributed by atoms with Gasteiger partial charge in [-0.05, 0) is 31.0 Å². The minimum absolute atomic E-state index is 0.00786. The van der Waals surface area contributed by atoms with Gasteiger partial charge in [-0.3, -0.25) is 9.59 Å². The fourth-order valence-corrected chi connectivity index (χ4v) is 4.67. The molecule has 0 aliphatic carbocycles. The molecule has 2 aliphatic rings. The molecule has 2 amide bonds. The minimum Gasteiger partial charge on any atom is -0.351 e. The number of hydrogen-bond acceptors (Lipinski definition) is 7. The van der Waals surface area contributed by atoms with Gasteiger partial charge in [0.05, 0.1) is 5.56 Å². The van der Waals surface area contributed by atoms with Gasteiger partial charge in [-0.1, -0.05) is 25.7 Å². The molecule has 10 nitrogen and oxygen atoms in total. The average Bonchev–Trinajstić information content (AvgIpc) is 3.25. The number of aryl methyl sites for hydroxylation is 1. The molecule has 0 spiro atoms. The van der Waals surface area contributed by atoms with Crippen LogP contribution in [0.5, 0.6) is 0 Å². The quantitative estimate of drug-likeness (QED) is 0.532. The topological polar surface area (TPSA) is 117 Å². The summed E-state index contributed by atoms with van der Waals surface area (Å²) in [6, 6.07) is 5.40. The second kappa shape index (κ2) is 10.8. The monoisotopic (exact) mass is 476 g/mol. The van der Waals surface area contributed by atoms with Crippen LogP contribution < -0.4 is 16.0 Å². The van der Waals surface area contributed by atoms with Crippen LogP contribution >= 0.6 is 0 Å². The zero-order valence-electron chi connectivity index (χ0n) is 19.9. The van der Waals surface area contributed by atoms with Crippen molar-refractivity contribution in [3.8, 4) is 0 Å². The number of piperazine rings is 1. The number of carbonyl (C=O) groups excluding carboxylic acids is 2. The first-order valence-corrected chi connectivity index (χ1v) is 12.6. The van der Waals surface area contributed by atoms with Crippen LogP contribution in [0.3, 0.4) is 0 Å². The van der Waals surface area contributed by atoms with E-state index in [2.05, 4.69) is 25.9 Å². The fourth-order valence-electron chi connectivity index (χ4n) is 4.67. The summed E-state index contributed by atoms with van der Waals surface area (Å²) < 4.78 is 2.00. The molecule has 0 saturated carbocycles. The molecule has 0 radical (unpaired) electrons. The summed E-state index contributed by atoms with van der Waals surface area (Å²) in [5.41, 5.74) is 1.92. The van der Waals surface area contributed by atoms with Gasteiger partial charge in [-0.2, -0.15) is 4.98 Å². The summed E-state index contributed by atoms with van der Waals surface area (Å²) in [6.07, 6.45) is 10.0.